The van der Waals surface area contributed by atoms with Crippen molar-refractivity contribution in [2.45, 2.75) is 26.2 Å². The van der Waals surface area contributed by atoms with Crippen LogP contribution in [0.3, 0.4) is 0 Å². The van der Waals surface area contributed by atoms with Crippen molar-refractivity contribution in [1.82, 2.24) is 10.9 Å². The fourth-order valence-electron chi connectivity index (χ4n) is 2.47. The molecule has 0 bridgehead atoms. The molecule has 2 aromatic rings. The van der Waals surface area contributed by atoms with E-state index in [0.717, 1.165) is 18.4 Å². The van der Waals surface area contributed by atoms with Gasteiger partial charge in [0.05, 0.1) is 7.11 Å². The molecule has 0 atom stereocenters. The molecular formula is C22H25N3O4. The fourth-order valence-corrected chi connectivity index (χ4v) is 2.47. The van der Waals surface area contributed by atoms with E-state index < -0.39 is 11.8 Å². The van der Waals surface area contributed by atoms with Gasteiger partial charge >= 0.3 is 0 Å². The maximum atomic E-state index is 12.1. The summed E-state index contributed by atoms with van der Waals surface area (Å²) in [5.41, 5.74) is 6.38. The molecule has 0 spiro atoms. The lowest BCUT2D eigenvalue weighted by atomic mass is 10.2. The Kier molecular flexibility index (Phi) is 8.44. The van der Waals surface area contributed by atoms with Crippen molar-refractivity contribution in [3.05, 3.63) is 65.7 Å². The number of carbonyl (C=O) groups is 3. The molecule has 0 aromatic heterocycles. The van der Waals surface area contributed by atoms with Crippen LogP contribution in [0.1, 0.15) is 42.1 Å². The van der Waals surface area contributed by atoms with Crippen LogP contribution in [0.25, 0.3) is 6.08 Å². The number of ether oxygens (including phenoxy) is 1. The first-order valence-electron chi connectivity index (χ1n) is 9.34. The van der Waals surface area contributed by atoms with E-state index in [4.69, 9.17) is 4.74 Å². The molecule has 0 radical (unpaired) electrons. The van der Waals surface area contributed by atoms with Gasteiger partial charge in [0, 0.05) is 29.3 Å². The third-order valence-electron chi connectivity index (χ3n) is 4.04. The Bertz CT molecular complexity index is 876. The predicted octanol–water partition coefficient (Wildman–Crippen LogP) is 3.30. The lowest BCUT2D eigenvalue weighted by Gasteiger charge is -2.08. The number of nitrogens with one attached hydrogen (secondary N) is 3. The second-order valence-electron chi connectivity index (χ2n) is 6.25. The number of carbonyl (C=O) groups excluding carboxylic acids is 3. The van der Waals surface area contributed by atoms with E-state index in [1.165, 1.54) is 6.08 Å². The molecule has 7 heteroatoms. The lowest BCUT2D eigenvalue weighted by molar-refractivity contribution is -0.117. The number of para-hydroxylation sites is 1. The fraction of sp³-hybridized carbons (Fsp3) is 0.227. The molecule has 7 nitrogen and oxygen atoms in total. The van der Waals surface area contributed by atoms with Crippen LogP contribution in [0.2, 0.25) is 0 Å². The minimum Gasteiger partial charge on any atom is -0.496 e. The van der Waals surface area contributed by atoms with Gasteiger partial charge in [-0.1, -0.05) is 31.5 Å². The maximum absolute atomic E-state index is 12.1. The number of benzene rings is 2. The summed E-state index contributed by atoms with van der Waals surface area (Å²) in [6.45, 7) is 2.02. The molecule has 0 heterocycles. The average Bonchev–Trinajstić information content (AvgIpc) is 2.75. The van der Waals surface area contributed by atoms with Crippen LogP contribution in [-0.2, 0) is 9.59 Å². The molecule has 3 amide bonds. The smallest absolute Gasteiger partial charge is 0.269 e. The highest BCUT2D eigenvalue weighted by atomic mass is 16.5. The molecule has 0 aliphatic rings. The minimum atomic E-state index is -0.482. The zero-order valence-electron chi connectivity index (χ0n) is 16.5. The molecule has 2 aromatic carbocycles. The van der Waals surface area contributed by atoms with Gasteiger partial charge in [0.1, 0.15) is 5.75 Å². The summed E-state index contributed by atoms with van der Waals surface area (Å²) in [5.74, 6) is -0.363. The zero-order chi connectivity index (χ0) is 21.1. The second kappa shape index (κ2) is 11.3. The van der Waals surface area contributed by atoms with Gasteiger partial charge in [-0.05, 0) is 42.8 Å². The molecule has 0 saturated carbocycles. The number of hydrogen-bond acceptors (Lipinski definition) is 4. The molecule has 0 aliphatic heterocycles. The van der Waals surface area contributed by atoms with Crippen LogP contribution in [0.15, 0.2) is 54.6 Å². The van der Waals surface area contributed by atoms with Gasteiger partial charge in [-0.2, -0.15) is 0 Å². The van der Waals surface area contributed by atoms with Gasteiger partial charge in [-0.3, -0.25) is 25.2 Å². The summed E-state index contributed by atoms with van der Waals surface area (Å²) in [6, 6.07) is 13.7. The Morgan fingerprint density at radius 2 is 1.72 bits per heavy atom. The Hall–Kier alpha value is -3.61. The number of methoxy groups -OCH3 is 1. The topological polar surface area (TPSA) is 96.5 Å². The molecule has 0 aliphatic carbocycles. The summed E-state index contributed by atoms with van der Waals surface area (Å²) >= 11 is 0. The lowest BCUT2D eigenvalue weighted by Crippen LogP contribution is -2.40. The first-order chi connectivity index (χ1) is 14.0. The molecule has 0 saturated heterocycles. The van der Waals surface area contributed by atoms with E-state index in [1.54, 1.807) is 43.5 Å². The Morgan fingerprint density at radius 1 is 1.00 bits per heavy atom. The summed E-state index contributed by atoms with van der Waals surface area (Å²) < 4.78 is 5.21. The third-order valence-corrected chi connectivity index (χ3v) is 4.04. The van der Waals surface area contributed by atoms with Crippen molar-refractivity contribution >= 4 is 29.5 Å². The highest BCUT2D eigenvalue weighted by Gasteiger charge is 2.07. The maximum Gasteiger partial charge on any atom is 0.269 e. The largest absolute Gasteiger partial charge is 0.496 e. The highest BCUT2D eigenvalue weighted by Crippen LogP contribution is 2.18. The van der Waals surface area contributed by atoms with Crippen LogP contribution in [0.4, 0.5) is 5.69 Å². The van der Waals surface area contributed by atoms with E-state index in [0.29, 0.717) is 23.4 Å². The summed E-state index contributed by atoms with van der Waals surface area (Å²) in [7, 11) is 1.55. The average molecular weight is 395 g/mol. The first-order valence-corrected chi connectivity index (χ1v) is 9.34. The zero-order valence-corrected chi connectivity index (χ0v) is 16.5. The van der Waals surface area contributed by atoms with Gasteiger partial charge in [-0.25, -0.2) is 0 Å². The SMILES string of the molecule is CCCCC(=O)Nc1ccc(C(=O)NNC(=O)/C=C/c2ccccc2OC)cc1. The third kappa shape index (κ3) is 7.14. The van der Waals surface area contributed by atoms with Gasteiger partial charge in [0.15, 0.2) is 0 Å². The van der Waals surface area contributed by atoms with Gasteiger partial charge in [0.2, 0.25) is 5.91 Å². The Balaban J connectivity index is 1.84. The number of amides is 3. The molecule has 3 N–H and O–H groups in total. The number of rotatable bonds is 8. The van der Waals surface area contributed by atoms with Gasteiger partial charge in [-0.15, -0.1) is 0 Å². The summed E-state index contributed by atoms with van der Waals surface area (Å²) in [4.78, 5) is 35.8. The minimum absolute atomic E-state index is 0.0573. The van der Waals surface area contributed by atoms with Crippen LogP contribution in [0, 0.1) is 0 Å². The number of anilines is 1. The predicted molar refractivity (Wildman–Crippen MR) is 112 cm³/mol. The van der Waals surface area contributed by atoms with Crippen LogP contribution < -0.4 is 20.9 Å². The standard InChI is InChI=1S/C22H25N3O4/c1-3-4-9-20(26)23-18-13-10-17(11-14-18)22(28)25-24-21(27)15-12-16-7-5-6-8-19(16)29-2/h5-8,10-15H,3-4,9H2,1-2H3,(H,23,26)(H,24,27)(H,25,28)/b15-12+. The van der Waals surface area contributed by atoms with Gasteiger partial charge in [0.25, 0.3) is 11.8 Å². The van der Waals surface area contributed by atoms with Crippen molar-refractivity contribution in [3.63, 3.8) is 0 Å². The van der Waals surface area contributed by atoms with Crippen LogP contribution in [-0.4, -0.2) is 24.8 Å². The molecule has 2 rings (SSSR count). The number of hydrogen-bond donors (Lipinski definition) is 3. The van der Waals surface area contributed by atoms with E-state index in [2.05, 4.69) is 16.2 Å². The van der Waals surface area contributed by atoms with Crippen molar-refractivity contribution in [2.24, 2.45) is 0 Å². The van der Waals surface area contributed by atoms with Crippen LogP contribution >= 0.6 is 0 Å². The van der Waals surface area contributed by atoms with Crippen molar-refractivity contribution in [3.8, 4) is 5.75 Å². The molecule has 0 fully saturated rings. The highest BCUT2D eigenvalue weighted by molar-refractivity contribution is 5.98. The van der Waals surface area contributed by atoms with Crippen LogP contribution in [0.5, 0.6) is 5.75 Å². The molecule has 152 valence electrons. The van der Waals surface area contributed by atoms with Crippen molar-refractivity contribution in [1.29, 1.82) is 0 Å². The second-order valence-corrected chi connectivity index (χ2v) is 6.25. The first kappa shape index (κ1) is 21.7. The van der Waals surface area contributed by atoms with E-state index in [1.807, 2.05) is 25.1 Å². The molecule has 0 unspecified atom stereocenters. The van der Waals surface area contributed by atoms with Crippen molar-refractivity contribution in [2.75, 3.05) is 12.4 Å². The summed E-state index contributed by atoms with van der Waals surface area (Å²) in [6.07, 6.45) is 5.14. The van der Waals surface area contributed by atoms with Gasteiger partial charge < -0.3 is 10.1 Å². The Labute approximate surface area is 170 Å². The van der Waals surface area contributed by atoms with E-state index in [9.17, 15) is 14.4 Å². The molecular weight excluding hydrogens is 370 g/mol. The molecule has 29 heavy (non-hydrogen) atoms. The summed E-state index contributed by atoms with van der Waals surface area (Å²) in [5, 5.41) is 2.77. The van der Waals surface area contributed by atoms with E-state index in [-0.39, 0.29) is 5.91 Å². The number of hydrazine groups is 1. The van der Waals surface area contributed by atoms with E-state index >= 15 is 0 Å². The number of unbranched alkanes of at least 4 members (excludes halogenated alkanes) is 1. The monoisotopic (exact) mass is 395 g/mol. The normalized spacial score (nSPS) is 10.4. The van der Waals surface area contributed by atoms with Crippen molar-refractivity contribution < 1.29 is 19.1 Å². The Morgan fingerprint density at radius 3 is 2.41 bits per heavy atom. The quantitative estimate of drug-likeness (QED) is 0.472.